The summed E-state index contributed by atoms with van der Waals surface area (Å²) in [4.78, 5) is 4.51. The van der Waals surface area contributed by atoms with Gasteiger partial charge in [-0.05, 0) is 50.6 Å². The third kappa shape index (κ3) is 2.20. The summed E-state index contributed by atoms with van der Waals surface area (Å²) in [5, 5.41) is 8.72. The third-order valence-corrected chi connectivity index (χ3v) is 3.24. The zero-order valence-corrected chi connectivity index (χ0v) is 11.8. The summed E-state index contributed by atoms with van der Waals surface area (Å²) in [7, 11) is 0. The van der Waals surface area contributed by atoms with Crippen LogP contribution in [0.4, 0.5) is 11.5 Å². The zero-order chi connectivity index (χ0) is 14.1. The van der Waals surface area contributed by atoms with Crippen molar-refractivity contribution in [3.8, 4) is 0 Å². The number of imidazole rings is 1. The molecule has 0 aliphatic rings. The number of hydrogen-bond acceptors (Lipinski definition) is 3. The number of benzene rings is 1. The molecule has 2 heterocycles. The van der Waals surface area contributed by atoms with Gasteiger partial charge in [0.1, 0.15) is 5.65 Å². The predicted molar refractivity (Wildman–Crippen MR) is 80.0 cm³/mol. The van der Waals surface area contributed by atoms with E-state index in [0.29, 0.717) is 0 Å². The fraction of sp³-hybridized carbons (Fsp3) is 0.188. The van der Waals surface area contributed by atoms with Gasteiger partial charge < -0.3 is 0 Å². The average Bonchev–Trinajstić information content (AvgIpc) is 2.74. The molecule has 3 rings (SSSR count). The lowest BCUT2D eigenvalue weighted by atomic mass is 10.2. The Kier molecular flexibility index (Phi) is 3.06. The molecular weight excluding hydrogens is 248 g/mol. The fourth-order valence-electron chi connectivity index (χ4n) is 2.26. The van der Waals surface area contributed by atoms with Crippen molar-refractivity contribution in [1.82, 2.24) is 9.38 Å². The number of rotatable bonds is 2. The summed E-state index contributed by atoms with van der Waals surface area (Å²) in [6.45, 7) is 6.04. The summed E-state index contributed by atoms with van der Waals surface area (Å²) in [5.41, 5.74) is 4.91. The van der Waals surface area contributed by atoms with E-state index in [4.69, 9.17) is 0 Å². The molecule has 100 valence electrons. The van der Waals surface area contributed by atoms with Crippen molar-refractivity contribution in [3.05, 3.63) is 59.4 Å². The molecule has 3 aromatic rings. The number of hydrogen-bond donors (Lipinski definition) is 0. The number of nitrogens with zero attached hydrogens (tertiary/aromatic N) is 4. The highest BCUT2D eigenvalue weighted by Gasteiger charge is 2.09. The maximum atomic E-state index is 4.51. The fourth-order valence-corrected chi connectivity index (χ4v) is 2.26. The van der Waals surface area contributed by atoms with Crippen LogP contribution in [0.2, 0.25) is 0 Å². The Balaban J connectivity index is 2.09. The van der Waals surface area contributed by atoms with E-state index in [-0.39, 0.29) is 0 Å². The summed E-state index contributed by atoms with van der Waals surface area (Å²) >= 11 is 0. The summed E-state index contributed by atoms with van der Waals surface area (Å²) in [6.07, 6.45) is 0. The Morgan fingerprint density at radius 3 is 2.55 bits per heavy atom. The predicted octanol–water partition coefficient (Wildman–Crippen LogP) is 4.67. The average molecular weight is 264 g/mol. The summed E-state index contributed by atoms with van der Waals surface area (Å²) in [5.74, 6) is 0.791. The molecule has 0 N–H and O–H groups in total. The van der Waals surface area contributed by atoms with E-state index in [1.165, 1.54) is 5.56 Å². The first kappa shape index (κ1) is 12.5. The molecular formula is C16H16N4. The maximum absolute atomic E-state index is 4.51. The van der Waals surface area contributed by atoms with E-state index in [2.05, 4.69) is 15.2 Å². The van der Waals surface area contributed by atoms with Crippen molar-refractivity contribution >= 4 is 17.2 Å². The van der Waals surface area contributed by atoms with Crippen molar-refractivity contribution in [2.24, 2.45) is 10.2 Å². The summed E-state index contributed by atoms with van der Waals surface area (Å²) in [6, 6.07) is 14.0. The Morgan fingerprint density at radius 2 is 1.75 bits per heavy atom. The van der Waals surface area contributed by atoms with E-state index < -0.39 is 0 Å². The SMILES string of the molecule is Cc1cccc(N=Nc2c(C)nc3cccc(C)n23)c1. The second-order valence-electron chi connectivity index (χ2n) is 4.92. The van der Waals surface area contributed by atoms with Gasteiger partial charge in [-0.25, -0.2) is 4.98 Å². The Labute approximate surface area is 117 Å². The maximum Gasteiger partial charge on any atom is 0.182 e. The first-order valence-corrected chi connectivity index (χ1v) is 6.58. The Hall–Kier alpha value is -2.49. The van der Waals surface area contributed by atoms with Gasteiger partial charge >= 0.3 is 0 Å². The molecule has 2 aromatic heterocycles. The quantitative estimate of drug-likeness (QED) is 0.620. The van der Waals surface area contributed by atoms with E-state index >= 15 is 0 Å². The summed E-state index contributed by atoms with van der Waals surface area (Å²) < 4.78 is 2.02. The van der Waals surface area contributed by atoms with Crippen LogP contribution >= 0.6 is 0 Å². The Morgan fingerprint density at radius 1 is 0.950 bits per heavy atom. The van der Waals surface area contributed by atoms with E-state index in [1.807, 2.05) is 67.6 Å². The van der Waals surface area contributed by atoms with Crippen LogP contribution in [-0.4, -0.2) is 9.38 Å². The molecule has 0 saturated carbocycles. The minimum atomic E-state index is 0.791. The second kappa shape index (κ2) is 4.89. The van der Waals surface area contributed by atoms with Crippen LogP contribution in [0.25, 0.3) is 5.65 Å². The van der Waals surface area contributed by atoms with Gasteiger partial charge in [0.2, 0.25) is 0 Å². The van der Waals surface area contributed by atoms with Crippen LogP contribution in [0.1, 0.15) is 17.0 Å². The highest BCUT2D eigenvalue weighted by molar-refractivity contribution is 5.53. The van der Waals surface area contributed by atoms with Gasteiger partial charge in [0.05, 0.1) is 11.4 Å². The minimum absolute atomic E-state index is 0.791. The number of azo groups is 1. The molecule has 4 heteroatoms. The van der Waals surface area contributed by atoms with Gasteiger partial charge in [-0.15, -0.1) is 10.2 Å². The van der Waals surface area contributed by atoms with Gasteiger partial charge in [-0.1, -0.05) is 18.2 Å². The number of aryl methyl sites for hydroxylation is 3. The minimum Gasteiger partial charge on any atom is -0.280 e. The van der Waals surface area contributed by atoms with Crippen LogP contribution in [0.5, 0.6) is 0 Å². The number of fused-ring (bicyclic) bond motifs is 1. The smallest absolute Gasteiger partial charge is 0.182 e. The normalized spacial score (nSPS) is 11.6. The molecule has 4 nitrogen and oxygen atoms in total. The molecule has 0 unspecified atom stereocenters. The Bertz CT molecular complexity index is 799. The lowest BCUT2D eigenvalue weighted by Gasteiger charge is -2.01. The second-order valence-corrected chi connectivity index (χ2v) is 4.92. The number of pyridine rings is 1. The van der Waals surface area contributed by atoms with Gasteiger partial charge in [0.15, 0.2) is 5.82 Å². The van der Waals surface area contributed by atoms with Crippen molar-refractivity contribution < 1.29 is 0 Å². The van der Waals surface area contributed by atoms with Crippen LogP contribution in [0.3, 0.4) is 0 Å². The number of aromatic nitrogens is 2. The van der Waals surface area contributed by atoms with E-state index in [1.54, 1.807) is 0 Å². The van der Waals surface area contributed by atoms with Crippen molar-refractivity contribution in [3.63, 3.8) is 0 Å². The van der Waals surface area contributed by atoms with Gasteiger partial charge in [0, 0.05) is 5.69 Å². The molecule has 0 spiro atoms. The van der Waals surface area contributed by atoms with E-state index in [0.717, 1.165) is 28.5 Å². The van der Waals surface area contributed by atoms with Crippen LogP contribution in [-0.2, 0) is 0 Å². The molecule has 20 heavy (non-hydrogen) atoms. The molecule has 0 radical (unpaired) electrons. The van der Waals surface area contributed by atoms with Gasteiger partial charge in [-0.3, -0.25) is 4.40 Å². The molecule has 0 aliphatic carbocycles. The molecule has 0 amide bonds. The van der Waals surface area contributed by atoms with Crippen molar-refractivity contribution in [2.45, 2.75) is 20.8 Å². The first-order chi connectivity index (χ1) is 9.65. The van der Waals surface area contributed by atoms with Crippen molar-refractivity contribution in [2.75, 3.05) is 0 Å². The highest BCUT2D eigenvalue weighted by atomic mass is 15.2. The van der Waals surface area contributed by atoms with Gasteiger partial charge in [0.25, 0.3) is 0 Å². The first-order valence-electron chi connectivity index (χ1n) is 6.58. The lowest BCUT2D eigenvalue weighted by molar-refractivity contribution is 1.04. The molecule has 0 saturated heterocycles. The lowest BCUT2D eigenvalue weighted by Crippen LogP contribution is -1.88. The van der Waals surface area contributed by atoms with Crippen LogP contribution in [0.15, 0.2) is 52.7 Å². The van der Waals surface area contributed by atoms with Gasteiger partial charge in [-0.2, -0.15) is 0 Å². The van der Waals surface area contributed by atoms with E-state index in [9.17, 15) is 0 Å². The van der Waals surface area contributed by atoms with Crippen LogP contribution in [0, 0.1) is 20.8 Å². The molecule has 0 aliphatic heterocycles. The molecule has 0 atom stereocenters. The van der Waals surface area contributed by atoms with Crippen molar-refractivity contribution in [1.29, 1.82) is 0 Å². The largest absolute Gasteiger partial charge is 0.280 e. The molecule has 1 aromatic carbocycles. The third-order valence-electron chi connectivity index (χ3n) is 3.24. The highest BCUT2D eigenvalue weighted by Crippen LogP contribution is 2.25. The molecule has 0 bridgehead atoms. The standard InChI is InChI=1S/C16H16N4/c1-11-6-4-8-14(10-11)18-19-16-13(3)17-15-9-5-7-12(2)20(15)16/h4-10H,1-3H3. The zero-order valence-electron chi connectivity index (χ0n) is 11.8. The van der Waals surface area contributed by atoms with Crippen LogP contribution < -0.4 is 0 Å². The monoisotopic (exact) mass is 264 g/mol. The topological polar surface area (TPSA) is 42.0 Å². The molecule has 0 fully saturated rings.